The predicted octanol–water partition coefficient (Wildman–Crippen LogP) is 4.82. The van der Waals surface area contributed by atoms with E-state index >= 15 is 0 Å². The number of rotatable bonds is 5. The van der Waals surface area contributed by atoms with Crippen molar-refractivity contribution >= 4 is 22.6 Å². The first-order chi connectivity index (χ1) is 15.5. The molecule has 0 amide bonds. The van der Waals surface area contributed by atoms with Gasteiger partial charge in [-0.05, 0) is 23.8 Å². The maximum absolute atomic E-state index is 11.6. The molecule has 0 saturated carbocycles. The maximum atomic E-state index is 11.6. The van der Waals surface area contributed by atoms with Gasteiger partial charge in [-0.25, -0.2) is 9.78 Å². The zero-order valence-electron chi connectivity index (χ0n) is 16.7. The van der Waals surface area contributed by atoms with E-state index in [1.54, 1.807) is 0 Å². The van der Waals surface area contributed by atoms with E-state index in [4.69, 9.17) is 4.74 Å². The van der Waals surface area contributed by atoms with Crippen LogP contribution in [0.3, 0.4) is 0 Å². The average molecular weight is 424 g/mol. The molecule has 4 rings (SSSR count). The van der Waals surface area contributed by atoms with Gasteiger partial charge < -0.3 is 9.84 Å². The van der Waals surface area contributed by atoms with Crippen molar-refractivity contribution in [3.8, 4) is 17.6 Å². The summed E-state index contributed by atoms with van der Waals surface area (Å²) in [4.78, 5) is 26.7. The van der Waals surface area contributed by atoms with Crippen LogP contribution >= 0.6 is 0 Å². The molecule has 0 saturated heterocycles. The van der Waals surface area contributed by atoms with Gasteiger partial charge in [0.05, 0.1) is 10.3 Å². The van der Waals surface area contributed by atoms with Gasteiger partial charge in [0.2, 0.25) is 0 Å². The van der Waals surface area contributed by atoms with Gasteiger partial charge in [0.25, 0.3) is 5.69 Å². The number of carbonyl (C=O) groups is 1. The van der Waals surface area contributed by atoms with E-state index in [0.717, 1.165) is 11.1 Å². The highest BCUT2D eigenvalue weighted by molar-refractivity contribution is 6.00. The fourth-order valence-electron chi connectivity index (χ4n) is 3.16. The van der Waals surface area contributed by atoms with Gasteiger partial charge in [-0.1, -0.05) is 60.4 Å². The number of nitro benzene ring substituents is 1. The standard InChI is InChI=1S/C25H16N2O5/c28-25(29)20-15-22(32-16-18-9-5-2-6-10-18)23-19(12-11-17-7-3-1-4-8-17)13-14-21(27(30)31)24(23)26-20/h1-10,13-15H,16H2,(H,28,29). The molecule has 156 valence electrons. The molecule has 32 heavy (non-hydrogen) atoms. The quantitative estimate of drug-likeness (QED) is 0.280. The van der Waals surface area contributed by atoms with E-state index in [-0.39, 0.29) is 29.3 Å². The molecule has 1 heterocycles. The molecule has 0 fully saturated rings. The molecular formula is C25H16N2O5. The van der Waals surface area contributed by atoms with Gasteiger partial charge in [0.15, 0.2) is 11.2 Å². The van der Waals surface area contributed by atoms with Crippen molar-refractivity contribution < 1.29 is 19.6 Å². The highest BCUT2D eigenvalue weighted by Gasteiger charge is 2.22. The van der Waals surface area contributed by atoms with Crippen LogP contribution in [0.1, 0.15) is 27.2 Å². The van der Waals surface area contributed by atoms with E-state index in [2.05, 4.69) is 16.8 Å². The van der Waals surface area contributed by atoms with E-state index in [1.165, 1.54) is 18.2 Å². The van der Waals surface area contributed by atoms with Crippen LogP contribution in [0.2, 0.25) is 0 Å². The number of hydrogen-bond donors (Lipinski definition) is 1. The molecule has 0 aliphatic carbocycles. The molecule has 0 bridgehead atoms. The highest BCUT2D eigenvalue weighted by atomic mass is 16.6. The fraction of sp³-hybridized carbons (Fsp3) is 0.0400. The third-order valence-electron chi connectivity index (χ3n) is 4.67. The van der Waals surface area contributed by atoms with Crippen molar-refractivity contribution in [2.24, 2.45) is 0 Å². The zero-order valence-corrected chi connectivity index (χ0v) is 16.7. The minimum absolute atomic E-state index is 0.0853. The number of aromatic carboxylic acids is 1. The Labute approximate surface area is 183 Å². The lowest BCUT2D eigenvalue weighted by Gasteiger charge is -2.12. The molecule has 1 N–H and O–H groups in total. The van der Waals surface area contributed by atoms with Gasteiger partial charge in [0, 0.05) is 23.3 Å². The Balaban J connectivity index is 1.91. The lowest BCUT2D eigenvalue weighted by Crippen LogP contribution is -2.05. The van der Waals surface area contributed by atoms with Crippen LogP contribution in [0, 0.1) is 22.0 Å². The molecule has 0 unspecified atom stereocenters. The first-order valence-corrected chi connectivity index (χ1v) is 9.62. The second-order valence-corrected chi connectivity index (χ2v) is 6.81. The SMILES string of the molecule is O=C(O)c1cc(OCc2ccccc2)c2c(C#Cc3ccccc3)ccc([N+](=O)[O-])c2n1. The van der Waals surface area contributed by atoms with E-state index in [9.17, 15) is 20.0 Å². The normalized spacial score (nSPS) is 10.2. The van der Waals surface area contributed by atoms with E-state index < -0.39 is 10.9 Å². The van der Waals surface area contributed by atoms with Crippen molar-refractivity contribution in [2.75, 3.05) is 0 Å². The second kappa shape index (κ2) is 8.98. The molecule has 7 nitrogen and oxygen atoms in total. The van der Waals surface area contributed by atoms with Crippen molar-refractivity contribution in [1.82, 2.24) is 4.98 Å². The Kier molecular flexibility index (Phi) is 5.77. The molecule has 0 aliphatic rings. The number of aromatic nitrogens is 1. The first-order valence-electron chi connectivity index (χ1n) is 9.62. The number of pyridine rings is 1. The summed E-state index contributed by atoms with van der Waals surface area (Å²) in [6, 6.07) is 22.6. The Morgan fingerprint density at radius 3 is 2.34 bits per heavy atom. The lowest BCUT2D eigenvalue weighted by molar-refractivity contribution is -0.383. The number of non-ortho nitro benzene ring substituents is 1. The summed E-state index contributed by atoms with van der Waals surface area (Å²) in [6.07, 6.45) is 0. The van der Waals surface area contributed by atoms with Gasteiger partial charge in [-0.3, -0.25) is 10.1 Å². The number of ether oxygens (including phenoxy) is 1. The monoisotopic (exact) mass is 424 g/mol. The molecule has 3 aromatic carbocycles. The largest absolute Gasteiger partial charge is 0.488 e. The minimum Gasteiger partial charge on any atom is -0.488 e. The number of carboxylic acids is 1. The lowest BCUT2D eigenvalue weighted by atomic mass is 10.0. The molecule has 0 aliphatic heterocycles. The summed E-state index contributed by atoms with van der Waals surface area (Å²) in [7, 11) is 0. The number of carboxylic acid groups (broad SMARTS) is 1. The number of benzene rings is 3. The van der Waals surface area contributed by atoms with Gasteiger partial charge in [0.1, 0.15) is 12.4 Å². The van der Waals surface area contributed by atoms with Crippen LogP contribution < -0.4 is 4.74 Å². The predicted molar refractivity (Wildman–Crippen MR) is 119 cm³/mol. The maximum Gasteiger partial charge on any atom is 0.354 e. The molecule has 0 atom stereocenters. The van der Waals surface area contributed by atoms with Gasteiger partial charge >= 0.3 is 5.97 Å². The number of nitro groups is 1. The zero-order chi connectivity index (χ0) is 22.5. The summed E-state index contributed by atoms with van der Waals surface area (Å²) in [5, 5.41) is 21.4. The van der Waals surface area contributed by atoms with Crippen LogP contribution in [-0.2, 0) is 6.61 Å². The van der Waals surface area contributed by atoms with Crippen LogP contribution in [-0.4, -0.2) is 21.0 Å². The number of hydrogen-bond acceptors (Lipinski definition) is 5. The molecular weight excluding hydrogens is 408 g/mol. The van der Waals surface area contributed by atoms with E-state index in [0.29, 0.717) is 10.9 Å². The number of nitrogens with zero attached hydrogens (tertiary/aromatic N) is 2. The Hall–Kier alpha value is -4.70. The summed E-state index contributed by atoms with van der Waals surface area (Å²) in [5.41, 5.74) is 1.31. The van der Waals surface area contributed by atoms with Crippen molar-refractivity contribution in [1.29, 1.82) is 0 Å². The van der Waals surface area contributed by atoms with Gasteiger partial charge in [-0.15, -0.1) is 0 Å². The third kappa shape index (κ3) is 4.40. The summed E-state index contributed by atoms with van der Waals surface area (Å²) < 4.78 is 5.93. The molecule has 0 spiro atoms. The Morgan fingerprint density at radius 2 is 1.69 bits per heavy atom. The van der Waals surface area contributed by atoms with Crippen molar-refractivity contribution in [2.45, 2.75) is 6.61 Å². The minimum atomic E-state index is -1.31. The highest BCUT2D eigenvalue weighted by Crippen LogP contribution is 2.35. The van der Waals surface area contributed by atoms with Gasteiger partial charge in [-0.2, -0.15) is 0 Å². The molecule has 1 aromatic heterocycles. The van der Waals surface area contributed by atoms with Crippen molar-refractivity contribution in [3.05, 3.63) is 111 Å². The summed E-state index contributed by atoms with van der Waals surface area (Å²) in [5.74, 6) is 4.89. The summed E-state index contributed by atoms with van der Waals surface area (Å²) >= 11 is 0. The Bertz CT molecular complexity index is 1370. The Morgan fingerprint density at radius 1 is 1.00 bits per heavy atom. The second-order valence-electron chi connectivity index (χ2n) is 6.81. The summed E-state index contributed by atoms with van der Waals surface area (Å²) in [6.45, 7) is 0.146. The van der Waals surface area contributed by atoms with Crippen LogP contribution in [0.25, 0.3) is 10.9 Å². The van der Waals surface area contributed by atoms with Crippen LogP contribution in [0.5, 0.6) is 5.75 Å². The fourth-order valence-corrected chi connectivity index (χ4v) is 3.16. The third-order valence-corrected chi connectivity index (χ3v) is 4.67. The first kappa shape index (κ1) is 20.6. The number of fused-ring (bicyclic) bond motifs is 1. The van der Waals surface area contributed by atoms with Crippen molar-refractivity contribution in [3.63, 3.8) is 0 Å². The average Bonchev–Trinajstić information content (AvgIpc) is 2.81. The smallest absolute Gasteiger partial charge is 0.354 e. The molecule has 4 aromatic rings. The van der Waals surface area contributed by atoms with Crippen LogP contribution in [0.4, 0.5) is 5.69 Å². The molecule has 7 heteroatoms. The molecule has 0 radical (unpaired) electrons. The van der Waals surface area contributed by atoms with Crippen LogP contribution in [0.15, 0.2) is 78.9 Å². The van der Waals surface area contributed by atoms with E-state index in [1.807, 2.05) is 60.7 Å². The topological polar surface area (TPSA) is 103 Å².